The molecule has 1 amide bonds. The number of carbonyl (C=O) groups excluding carboxylic acids is 1. The molecule has 1 N–H and O–H groups in total. The van der Waals surface area contributed by atoms with Crippen LogP contribution in [-0.2, 0) is 0 Å². The molecule has 0 atom stereocenters. The van der Waals surface area contributed by atoms with Gasteiger partial charge in [0, 0.05) is 10.2 Å². The number of anilines is 1. The number of rotatable bonds is 3. The highest BCUT2D eigenvalue weighted by atomic mass is 79.9. The molecule has 0 spiro atoms. The number of nitrogens with one attached hydrogen (secondary N) is 1. The zero-order valence-electron chi connectivity index (χ0n) is 10.4. The van der Waals surface area contributed by atoms with Crippen molar-refractivity contribution in [2.24, 2.45) is 0 Å². The average Bonchev–Trinajstić information content (AvgIpc) is 2.42. The second-order valence-electron chi connectivity index (χ2n) is 3.93. The van der Waals surface area contributed by atoms with Crippen LogP contribution in [0.2, 0.25) is 5.02 Å². The Balaban J connectivity index is 2.25. The molecule has 2 aromatic rings. The summed E-state index contributed by atoms with van der Waals surface area (Å²) in [5.41, 5.74) is 0.780. The smallest absolute Gasteiger partial charge is 0.259 e. The Bertz CT molecular complexity index is 664. The first-order chi connectivity index (χ1) is 9.51. The van der Waals surface area contributed by atoms with E-state index < -0.39 is 5.82 Å². The molecule has 0 bridgehead atoms. The Kier molecular flexibility index (Phi) is 4.62. The van der Waals surface area contributed by atoms with Crippen molar-refractivity contribution in [3.05, 3.63) is 57.3 Å². The van der Waals surface area contributed by atoms with Gasteiger partial charge in [0.2, 0.25) is 0 Å². The first kappa shape index (κ1) is 14.8. The van der Waals surface area contributed by atoms with E-state index in [2.05, 4.69) is 21.2 Å². The third kappa shape index (κ3) is 3.29. The minimum Gasteiger partial charge on any atom is -0.496 e. The first-order valence-electron chi connectivity index (χ1n) is 5.61. The Morgan fingerprint density at radius 1 is 1.30 bits per heavy atom. The van der Waals surface area contributed by atoms with Gasteiger partial charge in [0.05, 0.1) is 17.7 Å². The van der Waals surface area contributed by atoms with Crippen molar-refractivity contribution < 1.29 is 13.9 Å². The molecule has 0 aliphatic rings. The largest absolute Gasteiger partial charge is 0.496 e. The number of carbonyl (C=O) groups is 1. The monoisotopic (exact) mass is 357 g/mol. The molecule has 2 aromatic carbocycles. The minimum absolute atomic E-state index is 0.0504. The van der Waals surface area contributed by atoms with Gasteiger partial charge in [0.25, 0.3) is 5.91 Å². The lowest BCUT2D eigenvalue weighted by Gasteiger charge is -2.10. The zero-order chi connectivity index (χ0) is 14.7. The predicted molar refractivity (Wildman–Crippen MR) is 80.1 cm³/mol. The molecule has 0 radical (unpaired) electrons. The van der Waals surface area contributed by atoms with Gasteiger partial charge in [-0.05, 0) is 36.4 Å². The van der Waals surface area contributed by atoms with Crippen LogP contribution in [0.4, 0.5) is 10.1 Å². The molecular formula is C14H10BrClFNO2. The van der Waals surface area contributed by atoms with Crippen molar-refractivity contribution in [2.45, 2.75) is 0 Å². The van der Waals surface area contributed by atoms with E-state index in [1.807, 2.05) is 0 Å². The third-order valence-corrected chi connectivity index (χ3v) is 3.37. The van der Waals surface area contributed by atoms with Gasteiger partial charge in [-0.3, -0.25) is 4.79 Å². The first-order valence-corrected chi connectivity index (χ1v) is 6.78. The van der Waals surface area contributed by atoms with Crippen LogP contribution >= 0.6 is 27.5 Å². The van der Waals surface area contributed by atoms with E-state index in [0.29, 0.717) is 17.0 Å². The molecule has 104 valence electrons. The second-order valence-corrected chi connectivity index (χ2v) is 5.25. The van der Waals surface area contributed by atoms with E-state index in [1.54, 1.807) is 18.2 Å². The van der Waals surface area contributed by atoms with E-state index in [4.69, 9.17) is 16.3 Å². The van der Waals surface area contributed by atoms with Crippen molar-refractivity contribution in [2.75, 3.05) is 12.4 Å². The highest BCUT2D eigenvalue weighted by Gasteiger charge is 2.13. The summed E-state index contributed by atoms with van der Waals surface area (Å²) in [5, 5.41) is 2.58. The van der Waals surface area contributed by atoms with Gasteiger partial charge in [-0.2, -0.15) is 0 Å². The Morgan fingerprint density at radius 2 is 2.05 bits per heavy atom. The molecule has 0 aliphatic heterocycles. The number of ether oxygens (including phenoxy) is 1. The standard InChI is InChI=1S/C14H10BrClFNO2/c1-20-13-6-8(15)2-4-10(13)14(19)18-9-3-5-12(17)11(16)7-9/h2-7H,1H3,(H,18,19). The van der Waals surface area contributed by atoms with Crippen molar-refractivity contribution >= 4 is 39.1 Å². The van der Waals surface area contributed by atoms with E-state index in [-0.39, 0.29) is 10.9 Å². The summed E-state index contributed by atoms with van der Waals surface area (Å²) in [6.07, 6.45) is 0. The summed E-state index contributed by atoms with van der Waals surface area (Å²) >= 11 is 8.97. The van der Waals surface area contributed by atoms with Gasteiger partial charge in [0.15, 0.2) is 0 Å². The van der Waals surface area contributed by atoms with Crippen molar-refractivity contribution in [1.29, 1.82) is 0 Å². The van der Waals surface area contributed by atoms with Crippen LogP contribution in [-0.4, -0.2) is 13.0 Å². The summed E-state index contributed by atoms with van der Waals surface area (Å²) in [6, 6.07) is 9.02. The summed E-state index contributed by atoms with van der Waals surface area (Å²) in [5.74, 6) is -0.465. The maximum absolute atomic E-state index is 13.1. The molecule has 0 aliphatic carbocycles. The van der Waals surface area contributed by atoms with Crippen molar-refractivity contribution in [3.8, 4) is 5.75 Å². The Hall–Kier alpha value is -1.59. The number of hydrogen-bond donors (Lipinski definition) is 1. The lowest BCUT2D eigenvalue weighted by atomic mass is 10.2. The van der Waals surface area contributed by atoms with Crippen LogP contribution < -0.4 is 10.1 Å². The molecule has 0 saturated heterocycles. The number of benzene rings is 2. The minimum atomic E-state index is -0.536. The fourth-order valence-corrected chi connectivity index (χ4v) is 2.15. The maximum Gasteiger partial charge on any atom is 0.259 e. The topological polar surface area (TPSA) is 38.3 Å². The van der Waals surface area contributed by atoms with Gasteiger partial charge < -0.3 is 10.1 Å². The van der Waals surface area contributed by atoms with E-state index in [0.717, 1.165) is 4.47 Å². The molecule has 0 fully saturated rings. The van der Waals surface area contributed by atoms with Crippen LogP contribution in [0.3, 0.4) is 0 Å². The predicted octanol–water partition coefficient (Wildman–Crippen LogP) is 4.50. The molecule has 6 heteroatoms. The number of methoxy groups -OCH3 is 1. The zero-order valence-corrected chi connectivity index (χ0v) is 12.8. The average molecular weight is 359 g/mol. The molecule has 0 aromatic heterocycles. The molecule has 2 rings (SSSR count). The molecule has 0 heterocycles. The van der Waals surface area contributed by atoms with Crippen LogP contribution in [0.1, 0.15) is 10.4 Å². The third-order valence-electron chi connectivity index (χ3n) is 2.59. The van der Waals surface area contributed by atoms with Crippen molar-refractivity contribution in [1.82, 2.24) is 0 Å². The number of hydrogen-bond acceptors (Lipinski definition) is 2. The van der Waals surface area contributed by atoms with Gasteiger partial charge in [-0.1, -0.05) is 27.5 Å². The van der Waals surface area contributed by atoms with E-state index in [9.17, 15) is 9.18 Å². The quantitative estimate of drug-likeness (QED) is 0.877. The summed E-state index contributed by atoms with van der Waals surface area (Å²) in [4.78, 5) is 12.2. The Morgan fingerprint density at radius 3 is 2.70 bits per heavy atom. The number of halogens is 3. The SMILES string of the molecule is COc1cc(Br)ccc1C(=O)Nc1ccc(F)c(Cl)c1. The fraction of sp³-hybridized carbons (Fsp3) is 0.0714. The Labute approximate surface area is 128 Å². The lowest BCUT2D eigenvalue weighted by Crippen LogP contribution is -2.13. The van der Waals surface area contributed by atoms with Gasteiger partial charge in [0.1, 0.15) is 11.6 Å². The van der Waals surface area contributed by atoms with Gasteiger partial charge in [-0.15, -0.1) is 0 Å². The summed E-state index contributed by atoms with van der Waals surface area (Å²) in [7, 11) is 1.48. The lowest BCUT2D eigenvalue weighted by molar-refractivity contribution is 0.102. The summed E-state index contributed by atoms with van der Waals surface area (Å²) < 4.78 is 19.0. The van der Waals surface area contributed by atoms with Crippen LogP contribution in [0.15, 0.2) is 40.9 Å². The molecule has 0 saturated carbocycles. The highest BCUT2D eigenvalue weighted by Crippen LogP contribution is 2.25. The normalized spacial score (nSPS) is 10.2. The van der Waals surface area contributed by atoms with Crippen LogP contribution in [0, 0.1) is 5.82 Å². The van der Waals surface area contributed by atoms with E-state index >= 15 is 0 Å². The maximum atomic E-state index is 13.1. The van der Waals surface area contributed by atoms with E-state index in [1.165, 1.54) is 25.3 Å². The molecular weight excluding hydrogens is 349 g/mol. The van der Waals surface area contributed by atoms with Crippen LogP contribution in [0.25, 0.3) is 0 Å². The van der Waals surface area contributed by atoms with Crippen molar-refractivity contribution in [3.63, 3.8) is 0 Å². The molecule has 0 unspecified atom stereocenters. The molecule has 3 nitrogen and oxygen atoms in total. The second kappa shape index (κ2) is 6.24. The highest BCUT2D eigenvalue weighted by molar-refractivity contribution is 9.10. The fourth-order valence-electron chi connectivity index (χ4n) is 1.62. The van der Waals surface area contributed by atoms with Gasteiger partial charge in [-0.25, -0.2) is 4.39 Å². The van der Waals surface area contributed by atoms with Crippen LogP contribution in [0.5, 0.6) is 5.75 Å². The number of amides is 1. The summed E-state index contributed by atoms with van der Waals surface area (Å²) in [6.45, 7) is 0. The molecule has 20 heavy (non-hydrogen) atoms. The van der Waals surface area contributed by atoms with Gasteiger partial charge >= 0.3 is 0 Å².